The molecule has 4 rings (SSSR count). The summed E-state index contributed by atoms with van der Waals surface area (Å²) in [6.07, 6.45) is 3.11. The summed E-state index contributed by atoms with van der Waals surface area (Å²) >= 11 is 0. The molecule has 0 spiro atoms. The lowest BCUT2D eigenvalue weighted by Crippen LogP contribution is -2.54. The average Bonchev–Trinajstić information content (AvgIpc) is 3.35. The van der Waals surface area contributed by atoms with Gasteiger partial charge in [-0.15, -0.1) is 6.58 Å². The number of amides is 5. The zero-order valence-corrected chi connectivity index (χ0v) is 19.9. The van der Waals surface area contributed by atoms with Gasteiger partial charge >= 0.3 is 6.03 Å². The van der Waals surface area contributed by atoms with Gasteiger partial charge in [-0.1, -0.05) is 24.3 Å². The number of barbiturate groups is 1. The Morgan fingerprint density at radius 2 is 1.97 bits per heavy atom. The summed E-state index contributed by atoms with van der Waals surface area (Å²) < 4.78 is 16.7. The van der Waals surface area contributed by atoms with E-state index in [9.17, 15) is 19.2 Å². The number of hydrogen-bond acceptors (Lipinski definition) is 7. The summed E-state index contributed by atoms with van der Waals surface area (Å²) in [5.74, 6) is -0.674. The highest BCUT2D eigenvalue weighted by atomic mass is 16.7. The number of methoxy groups -OCH3 is 1. The van der Waals surface area contributed by atoms with Crippen LogP contribution in [0.1, 0.15) is 21.5 Å². The van der Waals surface area contributed by atoms with E-state index in [1.54, 1.807) is 42.3 Å². The van der Waals surface area contributed by atoms with Gasteiger partial charge in [-0.3, -0.25) is 24.6 Å². The number of imide groups is 2. The molecule has 2 aromatic rings. The SMILES string of the molecule is C=CCN1C(=O)NC(=O)/C(=C/c2c(CCN(C)C(=O)c3ccccc3)cc3c(c2OC)OCO3)C1=O. The van der Waals surface area contributed by atoms with Gasteiger partial charge < -0.3 is 19.1 Å². The molecule has 1 fully saturated rings. The van der Waals surface area contributed by atoms with E-state index in [-0.39, 0.29) is 30.6 Å². The van der Waals surface area contributed by atoms with Gasteiger partial charge in [0.15, 0.2) is 11.5 Å². The van der Waals surface area contributed by atoms with Crippen LogP contribution in [0.5, 0.6) is 17.2 Å². The Labute approximate surface area is 207 Å². The van der Waals surface area contributed by atoms with E-state index in [0.717, 1.165) is 4.90 Å². The number of urea groups is 1. The van der Waals surface area contributed by atoms with Crippen LogP contribution in [0.15, 0.2) is 54.6 Å². The normalized spacial score (nSPS) is 15.7. The fraction of sp³-hybridized carbons (Fsp3) is 0.231. The molecule has 36 heavy (non-hydrogen) atoms. The summed E-state index contributed by atoms with van der Waals surface area (Å²) in [7, 11) is 3.12. The molecule has 2 aliphatic rings. The largest absolute Gasteiger partial charge is 0.492 e. The molecule has 0 unspecified atom stereocenters. The maximum absolute atomic E-state index is 13.0. The van der Waals surface area contributed by atoms with Crippen molar-refractivity contribution in [3.05, 3.63) is 71.3 Å². The van der Waals surface area contributed by atoms with Crippen LogP contribution >= 0.6 is 0 Å². The van der Waals surface area contributed by atoms with E-state index in [2.05, 4.69) is 11.9 Å². The number of nitrogens with one attached hydrogen (secondary N) is 1. The summed E-state index contributed by atoms with van der Waals surface area (Å²) in [6, 6.07) is 9.81. The molecule has 5 amide bonds. The Hall–Kier alpha value is -4.60. The van der Waals surface area contributed by atoms with Gasteiger partial charge in [0.1, 0.15) is 5.57 Å². The van der Waals surface area contributed by atoms with Crippen molar-refractivity contribution in [3.63, 3.8) is 0 Å². The molecule has 0 radical (unpaired) electrons. The Bertz CT molecular complexity index is 1270. The molecule has 0 bridgehead atoms. The van der Waals surface area contributed by atoms with Crippen LogP contribution in [0.25, 0.3) is 6.08 Å². The Kier molecular flexibility index (Phi) is 7.05. The van der Waals surface area contributed by atoms with Crippen LogP contribution in [0, 0.1) is 0 Å². The second-order valence-electron chi connectivity index (χ2n) is 8.08. The van der Waals surface area contributed by atoms with Crippen molar-refractivity contribution in [2.24, 2.45) is 0 Å². The van der Waals surface area contributed by atoms with Crippen LogP contribution in [0.2, 0.25) is 0 Å². The molecular weight excluding hydrogens is 466 g/mol. The Morgan fingerprint density at radius 3 is 2.67 bits per heavy atom. The fourth-order valence-electron chi connectivity index (χ4n) is 3.97. The number of carbonyl (C=O) groups excluding carboxylic acids is 4. The van der Waals surface area contributed by atoms with Crippen molar-refractivity contribution >= 4 is 29.8 Å². The topological polar surface area (TPSA) is 114 Å². The molecule has 10 nitrogen and oxygen atoms in total. The molecule has 1 saturated heterocycles. The molecular formula is C26H25N3O7. The predicted octanol–water partition coefficient (Wildman–Crippen LogP) is 2.39. The molecule has 2 aromatic carbocycles. The summed E-state index contributed by atoms with van der Waals surface area (Å²) in [6.45, 7) is 3.80. The van der Waals surface area contributed by atoms with Crippen LogP contribution in [0.4, 0.5) is 4.79 Å². The minimum Gasteiger partial charge on any atom is -0.492 e. The fourth-order valence-corrected chi connectivity index (χ4v) is 3.97. The zero-order valence-electron chi connectivity index (χ0n) is 19.9. The number of ether oxygens (including phenoxy) is 3. The standard InChI is InChI=1S/C26H25N3O7/c1-4-11-29-25(32)19(23(30)27-26(29)33)14-18-17(13-20-22(21(18)34-3)36-15-35-20)10-12-28(2)24(31)16-8-6-5-7-9-16/h4-9,13-14H,1,10-12,15H2,2-3H3,(H,27,30,33)/b19-14-. The molecule has 0 aliphatic carbocycles. The summed E-state index contributed by atoms with van der Waals surface area (Å²) in [5, 5.41) is 2.17. The first-order valence-electron chi connectivity index (χ1n) is 11.2. The van der Waals surface area contributed by atoms with Gasteiger partial charge in [-0.2, -0.15) is 0 Å². The molecule has 1 N–H and O–H groups in total. The van der Waals surface area contributed by atoms with E-state index in [1.165, 1.54) is 19.3 Å². The molecule has 2 heterocycles. The smallest absolute Gasteiger partial charge is 0.331 e. The Morgan fingerprint density at radius 1 is 1.22 bits per heavy atom. The van der Waals surface area contributed by atoms with Crippen LogP contribution < -0.4 is 19.5 Å². The van der Waals surface area contributed by atoms with Gasteiger partial charge in [0, 0.05) is 31.3 Å². The second-order valence-corrected chi connectivity index (χ2v) is 8.08. The number of likely N-dealkylation sites (N-methyl/N-ethyl adjacent to an activating group) is 1. The van der Waals surface area contributed by atoms with Crippen LogP contribution in [0.3, 0.4) is 0 Å². The number of carbonyl (C=O) groups is 4. The third-order valence-corrected chi connectivity index (χ3v) is 5.82. The third kappa shape index (κ3) is 4.65. The quantitative estimate of drug-likeness (QED) is 0.343. The van der Waals surface area contributed by atoms with Crippen LogP contribution in [-0.4, -0.2) is 67.6 Å². The van der Waals surface area contributed by atoms with Gasteiger partial charge in [-0.05, 0) is 36.3 Å². The molecule has 0 aromatic heterocycles. The second kappa shape index (κ2) is 10.3. The number of hydrogen-bond donors (Lipinski definition) is 1. The maximum atomic E-state index is 13.0. The monoisotopic (exact) mass is 491 g/mol. The Balaban J connectivity index is 1.71. The number of fused-ring (bicyclic) bond motifs is 1. The molecule has 0 atom stereocenters. The molecule has 10 heteroatoms. The van der Waals surface area contributed by atoms with Crippen molar-refractivity contribution in [3.8, 4) is 17.2 Å². The van der Waals surface area contributed by atoms with E-state index in [4.69, 9.17) is 14.2 Å². The first-order chi connectivity index (χ1) is 17.3. The van der Waals surface area contributed by atoms with Crippen LogP contribution in [-0.2, 0) is 16.0 Å². The maximum Gasteiger partial charge on any atom is 0.331 e. The lowest BCUT2D eigenvalue weighted by atomic mass is 9.98. The predicted molar refractivity (Wildman–Crippen MR) is 130 cm³/mol. The highest BCUT2D eigenvalue weighted by molar-refractivity contribution is 6.31. The van der Waals surface area contributed by atoms with Gasteiger partial charge in [0.05, 0.1) is 7.11 Å². The summed E-state index contributed by atoms with van der Waals surface area (Å²) in [4.78, 5) is 52.9. The van der Waals surface area contributed by atoms with Gasteiger partial charge in [0.2, 0.25) is 12.5 Å². The van der Waals surface area contributed by atoms with Crippen molar-refractivity contribution in [1.82, 2.24) is 15.1 Å². The lowest BCUT2D eigenvalue weighted by molar-refractivity contribution is -0.129. The van der Waals surface area contributed by atoms with Gasteiger partial charge in [-0.25, -0.2) is 4.79 Å². The van der Waals surface area contributed by atoms with E-state index in [0.29, 0.717) is 41.2 Å². The molecule has 2 aliphatic heterocycles. The van der Waals surface area contributed by atoms with Gasteiger partial charge in [0.25, 0.3) is 17.7 Å². The van der Waals surface area contributed by atoms with E-state index < -0.39 is 17.8 Å². The number of nitrogens with zero attached hydrogens (tertiary/aromatic N) is 2. The van der Waals surface area contributed by atoms with Crippen molar-refractivity contribution < 1.29 is 33.4 Å². The molecule has 186 valence electrons. The van der Waals surface area contributed by atoms with Crippen molar-refractivity contribution in [2.75, 3.05) is 34.0 Å². The lowest BCUT2D eigenvalue weighted by Gasteiger charge is -2.25. The average molecular weight is 492 g/mol. The van der Waals surface area contributed by atoms with E-state index >= 15 is 0 Å². The zero-order chi connectivity index (χ0) is 25.8. The highest BCUT2D eigenvalue weighted by Gasteiger charge is 2.36. The summed E-state index contributed by atoms with van der Waals surface area (Å²) in [5.41, 5.74) is 1.38. The minimum atomic E-state index is -0.827. The highest BCUT2D eigenvalue weighted by Crippen LogP contribution is 2.46. The minimum absolute atomic E-state index is 0.0153. The number of benzene rings is 2. The molecule has 0 saturated carbocycles. The first-order valence-corrected chi connectivity index (χ1v) is 11.2. The van der Waals surface area contributed by atoms with Crippen molar-refractivity contribution in [1.29, 1.82) is 0 Å². The van der Waals surface area contributed by atoms with Crippen molar-refractivity contribution in [2.45, 2.75) is 6.42 Å². The number of rotatable bonds is 8. The first kappa shape index (κ1) is 24.5. The van der Waals surface area contributed by atoms with E-state index in [1.807, 2.05) is 6.07 Å². The third-order valence-electron chi connectivity index (χ3n) is 5.82.